The van der Waals surface area contributed by atoms with Crippen molar-refractivity contribution in [2.75, 3.05) is 5.73 Å². The first-order valence-corrected chi connectivity index (χ1v) is 5.93. The van der Waals surface area contributed by atoms with Crippen LogP contribution >= 0.6 is 22.6 Å². The zero-order valence-corrected chi connectivity index (χ0v) is 10.6. The van der Waals surface area contributed by atoms with Gasteiger partial charge in [0.1, 0.15) is 11.9 Å². The van der Waals surface area contributed by atoms with E-state index in [0.717, 1.165) is 18.4 Å². The van der Waals surface area contributed by atoms with Gasteiger partial charge in [0.2, 0.25) is 0 Å². The Hall–Kier alpha value is -0.700. The fourth-order valence-corrected chi connectivity index (χ4v) is 1.88. The lowest BCUT2D eigenvalue weighted by molar-refractivity contribution is 0.695. The molecule has 1 rings (SSSR count). The third-order valence-electron chi connectivity index (χ3n) is 2.28. The maximum Gasteiger partial charge on any atom is 0.122 e. The summed E-state index contributed by atoms with van der Waals surface area (Å²) in [5.41, 5.74) is 7.59. The van der Waals surface area contributed by atoms with Gasteiger partial charge in [-0.1, -0.05) is 36.4 Å². The van der Waals surface area contributed by atoms with Crippen molar-refractivity contribution in [3.8, 4) is 6.07 Å². The van der Waals surface area contributed by atoms with Crippen molar-refractivity contribution in [2.24, 2.45) is 0 Å². The maximum atomic E-state index is 8.95. The van der Waals surface area contributed by atoms with E-state index in [2.05, 4.69) is 35.6 Å². The van der Waals surface area contributed by atoms with Gasteiger partial charge in [-0.05, 0) is 18.4 Å². The summed E-state index contributed by atoms with van der Waals surface area (Å²) in [5.74, 6) is 0.602. The highest BCUT2D eigenvalue weighted by Crippen LogP contribution is 2.28. The van der Waals surface area contributed by atoms with Crippen molar-refractivity contribution in [3.63, 3.8) is 0 Å². The SMILES string of the molecule is CCc1cn(C(I)CC)c(N)c1C#N. The number of rotatable bonds is 3. The van der Waals surface area contributed by atoms with Gasteiger partial charge in [0.25, 0.3) is 0 Å². The summed E-state index contributed by atoms with van der Waals surface area (Å²) in [7, 11) is 0. The highest BCUT2D eigenvalue weighted by atomic mass is 127. The first kappa shape index (κ1) is 11.4. The number of alkyl halides is 1. The topological polar surface area (TPSA) is 54.7 Å². The molecule has 0 saturated heterocycles. The van der Waals surface area contributed by atoms with Crippen LogP contribution in [-0.4, -0.2) is 4.57 Å². The molecule has 0 spiro atoms. The van der Waals surface area contributed by atoms with Crippen molar-refractivity contribution in [1.29, 1.82) is 5.26 Å². The highest BCUT2D eigenvalue weighted by Gasteiger charge is 2.15. The molecule has 0 aliphatic carbocycles. The number of aryl methyl sites for hydroxylation is 1. The van der Waals surface area contributed by atoms with E-state index < -0.39 is 0 Å². The van der Waals surface area contributed by atoms with Crippen LogP contribution in [0.4, 0.5) is 5.82 Å². The molecule has 0 bridgehead atoms. The monoisotopic (exact) mass is 303 g/mol. The molecule has 0 radical (unpaired) electrons. The first-order valence-electron chi connectivity index (χ1n) is 4.69. The molecular weight excluding hydrogens is 289 g/mol. The van der Waals surface area contributed by atoms with E-state index in [0.29, 0.717) is 15.4 Å². The molecule has 0 fully saturated rings. The lowest BCUT2D eigenvalue weighted by Crippen LogP contribution is -2.04. The summed E-state index contributed by atoms with van der Waals surface area (Å²) in [6, 6.07) is 2.16. The standard InChI is InChI=1S/C10H14IN3/c1-3-7-6-14(9(11)4-2)10(13)8(7)5-12/h6,9H,3-4,13H2,1-2H3. The molecule has 14 heavy (non-hydrogen) atoms. The van der Waals surface area contributed by atoms with Gasteiger partial charge < -0.3 is 10.3 Å². The lowest BCUT2D eigenvalue weighted by atomic mass is 10.1. The predicted octanol–water partition coefficient (Wildman–Crippen LogP) is 2.85. The molecule has 0 aromatic carbocycles. The summed E-state index contributed by atoms with van der Waals surface area (Å²) >= 11 is 2.33. The van der Waals surface area contributed by atoms with Crippen LogP contribution in [0.3, 0.4) is 0 Å². The summed E-state index contributed by atoms with van der Waals surface area (Å²) in [5, 5.41) is 8.95. The lowest BCUT2D eigenvalue weighted by Gasteiger charge is -2.10. The van der Waals surface area contributed by atoms with E-state index in [-0.39, 0.29) is 0 Å². The van der Waals surface area contributed by atoms with Crippen LogP contribution < -0.4 is 5.73 Å². The Bertz CT molecular complexity index is 362. The van der Waals surface area contributed by atoms with E-state index in [9.17, 15) is 0 Å². The Morgan fingerprint density at radius 2 is 2.29 bits per heavy atom. The molecule has 0 saturated carbocycles. The highest BCUT2D eigenvalue weighted by molar-refractivity contribution is 14.1. The number of hydrogen-bond acceptors (Lipinski definition) is 2. The van der Waals surface area contributed by atoms with Crippen LogP contribution in [0.1, 0.15) is 35.4 Å². The van der Waals surface area contributed by atoms with E-state index in [1.165, 1.54) is 0 Å². The second-order valence-corrected chi connectivity index (χ2v) is 4.57. The van der Waals surface area contributed by atoms with Gasteiger partial charge in [0.15, 0.2) is 0 Å². The molecule has 1 aromatic rings. The summed E-state index contributed by atoms with van der Waals surface area (Å²) < 4.78 is 2.32. The zero-order chi connectivity index (χ0) is 10.7. The fourth-order valence-electron chi connectivity index (χ4n) is 1.42. The first-order chi connectivity index (χ1) is 6.65. The van der Waals surface area contributed by atoms with Crippen LogP contribution in [0.5, 0.6) is 0 Å². The van der Waals surface area contributed by atoms with Crippen molar-refractivity contribution < 1.29 is 0 Å². The molecule has 1 atom stereocenters. The maximum absolute atomic E-state index is 8.95. The van der Waals surface area contributed by atoms with Gasteiger partial charge in [0, 0.05) is 6.20 Å². The molecule has 4 heteroatoms. The molecule has 0 aliphatic heterocycles. The van der Waals surface area contributed by atoms with Gasteiger partial charge in [-0.3, -0.25) is 0 Å². The summed E-state index contributed by atoms with van der Waals surface area (Å²) in [6.07, 6.45) is 3.86. The van der Waals surface area contributed by atoms with Gasteiger partial charge in [-0.15, -0.1) is 0 Å². The predicted molar refractivity (Wildman–Crippen MR) is 66.3 cm³/mol. The third kappa shape index (κ3) is 1.87. The minimum atomic E-state index is 0.333. The molecule has 3 nitrogen and oxygen atoms in total. The van der Waals surface area contributed by atoms with E-state index in [4.69, 9.17) is 11.0 Å². The normalized spacial score (nSPS) is 12.4. The number of anilines is 1. The molecular formula is C10H14IN3. The average molecular weight is 303 g/mol. The van der Waals surface area contributed by atoms with Gasteiger partial charge in [-0.2, -0.15) is 5.26 Å². The van der Waals surface area contributed by atoms with Crippen molar-refractivity contribution in [1.82, 2.24) is 4.57 Å². The number of hydrogen-bond donors (Lipinski definition) is 1. The van der Waals surface area contributed by atoms with Gasteiger partial charge in [-0.25, -0.2) is 0 Å². The second kappa shape index (κ2) is 4.69. The minimum absolute atomic E-state index is 0.333. The van der Waals surface area contributed by atoms with Crippen LogP contribution in [-0.2, 0) is 6.42 Å². The number of aromatic nitrogens is 1. The molecule has 0 aliphatic rings. The Balaban J connectivity index is 3.22. The van der Waals surface area contributed by atoms with Gasteiger partial charge in [0.05, 0.1) is 9.61 Å². The van der Waals surface area contributed by atoms with Crippen molar-refractivity contribution in [3.05, 3.63) is 17.3 Å². The molecule has 0 amide bonds. The van der Waals surface area contributed by atoms with Gasteiger partial charge >= 0.3 is 0 Å². The number of nitrogens with zero attached hydrogens (tertiary/aromatic N) is 2. The number of halogens is 1. The Morgan fingerprint density at radius 1 is 1.64 bits per heavy atom. The molecule has 1 aromatic heterocycles. The zero-order valence-electron chi connectivity index (χ0n) is 8.42. The van der Waals surface area contributed by atoms with Crippen molar-refractivity contribution >= 4 is 28.4 Å². The number of nitriles is 1. The minimum Gasteiger partial charge on any atom is -0.384 e. The second-order valence-electron chi connectivity index (χ2n) is 3.13. The average Bonchev–Trinajstić information content (AvgIpc) is 2.53. The number of nitrogen functional groups attached to an aromatic ring is 1. The fraction of sp³-hybridized carbons (Fsp3) is 0.500. The van der Waals surface area contributed by atoms with E-state index >= 15 is 0 Å². The van der Waals surface area contributed by atoms with Crippen molar-refractivity contribution in [2.45, 2.75) is 30.7 Å². The van der Waals surface area contributed by atoms with E-state index in [1.54, 1.807) is 0 Å². The Labute approximate surface area is 98.0 Å². The molecule has 1 unspecified atom stereocenters. The smallest absolute Gasteiger partial charge is 0.122 e. The van der Waals surface area contributed by atoms with E-state index in [1.807, 2.05) is 17.7 Å². The third-order valence-corrected chi connectivity index (χ3v) is 3.76. The largest absolute Gasteiger partial charge is 0.384 e. The van der Waals surface area contributed by atoms with Crippen LogP contribution in [0.2, 0.25) is 0 Å². The van der Waals surface area contributed by atoms with Crippen LogP contribution in [0, 0.1) is 11.3 Å². The van der Waals surface area contributed by atoms with Crippen LogP contribution in [0.25, 0.3) is 0 Å². The van der Waals surface area contributed by atoms with Crippen LogP contribution in [0.15, 0.2) is 6.20 Å². The summed E-state index contributed by atoms with van der Waals surface area (Å²) in [4.78, 5) is 0. The molecule has 76 valence electrons. The molecule has 1 heterocycles. The Morgan fingerprint density at radius 3 is 2.64 bits per heavy atom. The number of nitrogens with two attached hydrogens (primary N) is 1. The Kier molecular flexibility index (Phi) is 3.81. The molecule has 2 N–H and O–H groups in total. The summed E-state index contributed by atoms with van der Waals surface area (Å²) in [6.45, 7) is 4.14. The quantitative estimate of drug-likeness (QED) is 0.689.